The SMILES string of the molecule is COc1ccc(OCCN(C)C(=O)CCn2c(=O)oc3ccccc32)cc1. The van der Waals surface area contributed by atoms with Crippen molar-refractivity contribution >= 4 is 17.0 Å². The molecule has 0 fully saturated rings. The summed E-state index contributed by atoms with van der Waals surface area (Å²) in [6.45, 7) is 1.10. The number of fused-ring (bicyclic) bond motifs is 1. The predicted molar refractivity (Wildman–Crippen MR) is 101 cm³/mol. The Bertz CT molecular complexity index is 958. The highest BCUT2D eigenvalue weighted by Gasteiger charge is 2.13. The lowest BCUT2D eigenvalue weighted by atomic mass is 10.3. The first-order chi connectivity index (χ1) is 13.1. The quantitative estimate of drug-likeness (QED) is 0.609. The van der Waals surface area contributed by atoms with Crippen LogP contribution in [0, 0.1) is 0 Å². The molecule has 7 heteroatoms. The van der Waals surface area contributed by atoms with Gasteiger partial charge in [0.1, 0.15) is 18.1 Å². The van der Waals surface area contributed by atoms with Crippen molar-refractivity contribution < 1.29 is 18.7 Å². The van der Waals surface area contributed by atoms with Crippen molar-refractivity contribution in [2.45, 2.75) is 13.0 Å². The largest absolute Gasteiger partial charge is 0.497 e. The van der Waals surface area contributed by atoms with Crippen molar-refractivity contribution in [3.8, 4) is 11.5 Å². The molecule has 0 N–H and O–H groups in total. The predicted octanol–water partition coefficient (Wildman–Crippen LogP) is 2.53. The molecule has 0 spiro atoms. The molecule has 142 valence electrons. The van der Waals surface area contributed by atoms with Crippen molar-refractivity contribution in [3.05, 3.63) is 59.1 Å². The van der Waals surface area contributed by atoms with Crippen LogP contribution in [0.25, 0.3) is 11.1 Å². The molecule has 3 rings (SSSR count). The van der Waals surface area contributed by atoms with Crippen LogP contribution in [0.3, 0.4) is 0 Å². The monoisotopic (exact) mass is 370 g/mol. The van der Waals surface area contributed by atoms with Gasteiger partial charge in [0.2, 0.25) is 5.91 Å². The summed E-state index contributed by atoms with van der Waals surface area (Å²) in [6.07, 6.45) is 0.211. The molecule has 7 nitrogen and oxygen atoms in total. The van der Waals surface area contributed by atoms with Crippen molar-refractivity contribution in [1.82, 2.24) is 9.47 Å². The Morgan fingerprint density at radius 3 is 2.56 bits per heavy atom. The van der Waals surface area contributed by atoms with Gasteiger partial charge in [-0.15, -0.1) is 0 Å². The van der Waals surface area contributed by atoms with Gasteiger partial charge in [-0.2, -0.15) is 0 Å². The maximum Gasteiger partial charge on any atom is 0.419 e. The first kappa shape index (κ1) is 18.6. The molecule has 0 unspecified atom stereocenters. The summed E-state index contributed by atoms with van der Waals surface area (Å²) >= 11 is 0. The normalized spacial score (nSPS) is 10.7. The number of aromatic nitrogens is 1. The molecular formula is C20H22N2O5. The topological polar surface area (TPSA) is 73.9 Å². The van der Waals surface area contributed by atoms with E-state index in [0.717, 1.165) is 5.75 Å². The van der Waals surface area contributed by atoms with Gasteiger partial charge < -0.3 is 18.8 Å². The lowest BCUT2D eigenvalue weighted by Crippen LogP contribution is -2.32. The molecule has 0 aliphatic carbocycles. The Balaban J connectivity index is 1.48. The maximum absolute atomic E-state index is 12.3. The van der Waals surface area contributed by atoms with Gasteiger partial charge in [-0.25, -0.2) is 4.79 Å². The van der Waals surface area contributed by atoms with E-state index in [1.807, 2.05) is 30.3 Å². The van der Waals surface area contributed by atoms with E-state index in [0.29, 0.717) is 30.0 Å². The number of rotatable bonds is 8. The molecule has 0 atom stereocenters. The molecule has 0 saturated carbocycles. The zero-order chi connectivity index (χ0) is 19.2. The van der Waals surface area contributed by atoms with Crippen molar-refractivity contribution in [3.63, 3.8) is 0 Å². The number of aryl methyl sites for hydroxylation is 1. The van der Waals surface area contributed by atoms with Gasteiger partial charge in [-0.1, -0.05) is 12.1 Å². The van der Waals surface area contributed by atoms with Gasteiger partial charge in [0.05, 0.1) is 19.2 Å². The van der Waals surface area contributed by atoms with E-state index in [1.54, 1.807) is 37.3 Å². The summed E-state index contributed by atoms with van der Waals surface area (Å²) < 4.78 is 17.4. The molecule has 0 saturated heterocycles. The molecule has 1 heterocycles. The maximum atomic E-state index is 12.3. The van der Waals surface area contributed by atoms with Crippen LogP contribution >= 0.6 is 0 Å². The Labute approximate surface area is 156 Å². The van der Waals surface area contributed by atoms with Crippen LogP contribution < -0.4 is 15.2 Å². The van der Waals surface area contributed by atoms with E-state index in [4.69, 9.17) is 13.9 Å². The van der Waals surface area contributed by atoms with Crippen molar-refractivity contribution in [2.75, 3.05) is 27.3 Å². The number of methoxy groups -OCH3 is 1. The lowest BCUT2D eigenvalue weighted by Gasteiger charge is -2.17. The van der Waals surface area contributed by atoms with E-state index in [9.17, 15) is 9.59 Å². The molecule has 3 aromatic rings. The zero-order valence-corrected chi connectivity index (χ0v) is 15.4. The van der Waals surface area contributed by atoms with Crippen molar-refractivity contribution in [1.29, 1.82) is 0 Å². The molecule has 2 aromatic carbocycles. The number of carbonyl (C=O) groups is 1. The number of amides is 1. The average Bonchev–Trinajstić information content (AvgIpc) is 3.01. The fraction of sp³-hybridized carbons (Fsp3) is 0.300. The summed E-state index contributed by atoms with van der Waals surface area (Å²) in [7, 11) is 3.33. The van der Waals surface area contributed by atoms with Crippen LogP contribution in [-0.4, -0.2) is 42.7 Å². The number of ether oxygens (including phenoxy) is 2. The average molecular weight is 370 g/mol. The minimum atomic E-state index is -0.450. The third kappa shape index (κ3) is 4.49. The number of nitrogens with zero attached hydrogens (tertiary/aromatic N) is 2. The van der Waals surface area contributed by atoms with Crippen LogP contribution in [0.4, 0.5) is 0 Å². The number of carbonyl (C=O) groups excluding carboxylic acids is 1. The van der Waals surface area contributed by atoms with E-state index < -0.39 is 5.76 Å². The van der Waals surface area contributed by atoms with Gasteiger partial charge >= 0.3 is 5.76 Å². The van der Waals surface area contributed by atoms with Crippen LogP contribution in [-0.2, 0) is 11.3 Å². The van der Waals surface area contributed by atoms with Crippen molar-refractivity contribution in [2.24, 2.45) is 0 Å². The Morgan fingerprint density at radius 1 is 1.11 bits per heavy atom. The fourth-order valence-electron chi connectivity index (χ4n) is 2.72. The smallest absolute Gasteiger partial charge is 0.419 e. The highest BCUT2D eigenvalue weighted by molar-refractivity contribution is 5.76. The van der Waals surface area contributed by atoms with Crippen LogP contribution in [0.15, 0.2) is 57.7 Å². The third-order valence-corrected chi connectivity index (χ3v) is 4.30. The number of hydrogen-bond donors (Lipinski definition) is 0. The van der Waals surface area contributed by atoms with E-state index in [1.165, 1.54) is 4.57 Å². The fourth-order valence-corrected chi connectivity index (χ4v) is 2.72. The van der Waals surface area contributed by atoms with Gasteiger partial charge in [-0.3, -0.25) is 9.36 Å². The van der Waals surface area contributed by atoms with Crippen LogP contribution in [0.2, 0.25) is 0 Å². The number of benzene rings is 2. The summed E-state index contributed by atoms with van der Waals surface area (Å²) in [4.78, 5) is 25.9. The molecule has 0 aliphatic heterocycles. The first-order valence-corrected chi connectivity index (χ1v) is 8.67. The van der Waals surface area contributed by atoms with E-state index >= 15 is 0 Å². The summed E-state index contributed by atoms with van der Waals surface area (Å²) in [5.41, 5.74) is 1.22. The van der Waals surface area contributed by atoms with Gasteiger partial charge in [-0.05, 0) is 36.4 Å². The lowest BCUT2D eigenvalue weighted by molar-refractivity contribution is -0.130. The van der Waals surface area contributed by atoms with E-state index in [2.05, 4.69) is 0 Å². The highest BCUT2D eigenvalue weighted by atomic mass is 16.5. The standard InChI is InChI=1S/C20H22N2O5/c1-21(13-14-26-16-9-7-15(25-2)8-10-16)19(23)11-12-22-17-5-3-4-6-18(17)27-20(22)24/h3-10H,11-14H2,1-2H3. The molecule has 27 heavy (non-hydrogen) atoms. The molecule has 0 radical (unpaired) electrons. The summed E-state index contributed by atoms with van der Waals surface area (Å²) in [5.74, 6) is 0.963. The third-order valence-electron chi connectivity index (χ3n) is 4.30. The minimum Gasteiger partial charge on any atom is -0.497 e. The number of hydrogen-bond acceptors (Lipinski definition) is 5. The second-order valence-corrected chi connectivity index (χ2v) is 6.08. The van der Waals surface area contributed by atoms with Crippen LogP contribution in [0.1, 0.15) is 6.42 Å². The Morgan fingerprint density at radius 2 is 1.81 bits per heavy atom. The Hall–Kier alpha value is -3.22. The number of likely N-dealkylation sites (N-methyl/N-ethyl adjacent to an activating group) is 1. The van der Waals surface area contributed by atoms with Gasteiger partial charge in [0.15, 0.2) is 5.58 Å². The summed E-state index contributed by atoms with van der Waals surface area (Å²) in [5, 5.41) is 0. The van der Waals surface area contributed by atoms with Gasteiger partial charge in [0, 0.05) is 20.0 Å². The molecular weight excluding hydrogens is 348 g/mol. The van der Waals surface area contributed by atoms with Crippen LogP contribution in [0.5, 0.6) is 11.5 Å². The molecule has 0 aliphatic rings. The minimum absolute atomic E-state index is 0.0643. The second-order valence-electron chi connectivity index (χ2n) is 6.08. The summed E-state index contributed by atoms with van der Waals surface area (Å²) in [6, 6.07) is 14.4. The molecule has 1 aromatic heterocycles. The highest BCUT2D eigenvalue weighted by Crippen LogP contribution is 2.17. The second kappa shape index (κ2) is 8.44. The van der Waals surface area contributed by atoms with Gasteiger partial charge in [0.25, 0.3) is 0 Å². The zero-order valence-electron chi connectivity index (χ0n) is 15.4. The number of para-hydroxylation sites is 2. The van der Waals surface area contributed by atoms with E-state index in [-0.39, 0.29) is 18.9 Å². The molecule has 0 bridgehead atoms. The molecule has 1 amide bonds. The Kier molecular flexibility index (Phi) is 5.80. The first-order valence-electron chi connectivity index (χ1n) is 8.67. The number of oxazole rings is 1.